The van der Waals surface area contributed by atoms with Gasteiger partial charge in [-0.3, -0.25) is 9.59 Å². The standard InChI is InChI=1S/C16H28N2O2/c1-5-14(6-2)16(20)18-9-7-8-13(11-18)10-17-15(19)12(3)4/h5,12-13H,6-11H2,1-4H3,(H,17,19)/b14-5+. The number of carbonyl (C=O) groups is 2. The lowest BCUT2D eigenvalue weighted by Gasteiger charge is -2.33. The number of amides is 2. The lowest BCUT2D eigenvalue weighted by Crippen LogP contribution is -2.44. The molecule has 0 radical (unpaired) electrons. The molecule has 1 heterocycles. The number of likely N-dealkylation sites (tertiary alicyclic amines) is 1. The third-order valence-electron chi connectivity index (χ3n) is 3.90. The van der Waals surface area contributed by atoms with Crippen molar-refractivity contribution in [3.8, 4) is 0 Å². The van der Waals surface area contributed by atoms with Crippen molar-refractivity contribution in [3.63, 3.8) is 0 Å². The predicted octanol–water partition coefficient (Wildman–Crippen LogP) is 2.35. The lowest BCUT2D eigenvalue weighted by atomic mass is 9.96. The van der Waals surface area contributed by atoms with Crippen LogP contribution in [0.4, 0.5) is 0 Å². The normalized spacial score (nSPS) is 20.1. The van der Waals surface area contributed by atoms with Crippen LogP contribution in [0.25, 0.3) is 0 Å². The fourth-order valence-corrected chi connectivity index (χ4v) is 2.55. The quantitative estimate of drug-likeness (QED) is 0.786. The van der Waals surface area contributed by atoms with Gasteiger partial charge in [0.2, 0.25) is 11.8 Å². The fourth-order valence-electron chi connectivity index (χ4n) is 2.55. The SMILES string of the molecule is C/C=C(\CC)C(=O)N1CCCC(CNC(=O)C(C)C)C1. The summed E-state index contributed by atoms with van der Waals surface area (Å²) in [5, 5.41) is 2.98. The zero-order valence-corrected chi connectivity index (χ0v) is 13.2. The van der Waals surface area contributed by atoms with Crippen LogP contribution >= 0.6 is 0 Å². The minimum atomic E-state index is 0.0195. The Morgan fingerprint density at radius 2 is 2.10 bits per heavy atom. The first-order valence-corrected chi connectivity index (χ1v) is 7.71. The van der Waals surface area contributed by atoms with Crippen LogP contribution in [-0.4, -0.2) is 36.3 Å². The number of carbonyl (C=O) groups excluding carboxylic acids is 2. The van der Waals surface area contributed by atoms with E-state index in [9.17, 15) is 9.59 Å². The molecule has 4 nitrogen and oxygen atoms in total. The van der Waals surface area contributed by atoms with Crippen molar-refractivity contribution in [1.29, 1.82) is 0 Å². The number of hydrogen-bond acceptors (Lipinski definition) is 2. The monoisotopic (exact) mass is 280 g/mol. The third-order valence-corrected chi connectivity index (χ3v) is 3.90. The summed E-state index contributed by atoms with van der Waals surface area (Å²) in [5.41, 5.74) is 0.886. The first kappa shape index (κ1) is 16.7. The molecule has 1 saturated heterocycles. The van der Waals surface area contributed by atoms with Gasteiger partial charge in [-0.15, -0.1) is 0 Å². The van der Waals surface area contributed by atoms with E-state index in [1.165, 1.54) is 0 Å². The highest BCUT2D eigenvalue weighted by molar-refractivity contribution is 5.93. The minimum Gasteiger partial charge on any atom is -0.356 e. The predicted molar refractivity (Wildman–Crippen MR) is 81.2 cm³/mol. The molecule has 0 aliphatic carbocycles. The van der Waals surface area contributed by atoms with E-state index >= 15 is 0 Å². The highest BCUT2D eigenvalue weighted by Crippen LogP contribution is 2.18. The Balaban J connectivity index is 2.50. The number of piperidine rings is 1. The maximum Gasteiger partial charge on any atom is 0.249 e. The molecule has 1 unspecified atom stereocenters. The number of allylic oxidation sites excluding steroid dienone is 1. The van der Waals surface area contributed by atoms with Gasteiger partial charge in [0.05, 0.1) is 0 Å². The second-order valence-electron chi connectivity index (χ2n) is 5.83. The van der Waals surface area contributed by atoms with Gasteiger partial charge in [0.25, 0.3) is 0 Å². The van der Waals surface area contributed by atoms with Crippen LogP contribution in [0.3, 0.4) is 0 Å². The maximum absolute atomic E-state index is 12.3. The Hall–Kier alpha value is -1.32. The van der Waals surface area contributed by atoms with E-state index in [-0.39, 0.29) is 17.7 Å². The summed E-state index contributed by atoms with van der Waals surface area (Å²) in [6.45, 7) is 9.99. The first-order chi connectivity index (χ1) is 9.49. The molecule has 0 bridgehead atoms. The van der Waals surface area contributed by atoms with E-state index < -0.39 is 0 Å². The molecule has 0 aromatic rings. The molecule has 2 amide bonds. The summed E-state index contributed by atoms with van der Waals surface area (Å²) in [6, 6.07) is 0. The molecular formula is C16H28N2O2. The fraction of sp³-hybridized carbons (Fsp3) is 0.750. The van der Waals surface area contributed by atoms with Crippen molar-refractivity contribution in [1.82, 2.24) is 10.2 Å². The lowest BCUT2D eigenvalue weighted by molar-refractivity contribution is -0.129. The van der Waals surface area contributed by atoms with Gasteiger partial charge in [0, 0.05) is 31.1 Å². The molecule has 20 heavy (non-hydrogen) atoms. The first-order valence-electron chi connectivity index (χ1n) is 7.71. The van der Waals surface area contributed by atoms with Crippen molar-refractivity contribution in [2.24, 2.45) is 11.8 Å². The molecule has 1 aliphatic heterocycles. The average Bonchev–Trinajstić information content (AvgIpc) is 2.46. The van der Waals surface area contributed by atoms with E-state index in [0.717, 1.165) is 37.9 Å². The maximum atomic E-state index is 12.3. The molecule has 1 atom stereocenters. The topological polar surface area (TPSA) is 49.4 Å². The molecule has 0 saturated carbocycles. The Kier molecular flexibility index (Phi) is 6.76. The van der Waals surface area contributed by atoms with Crippen molar-refractivity contribution in [2.45, 2.75) is 47.0 Å². The van der Waals surface area contributed by atoms with Crippen molar-refractivity contribution < 1.29 is 9.59 Å². The van der Waals surface area contributed by atoms with E-state index in [0.29, 0.717) is 12.5 Å². The van der Waals surface area contributed by atoms with Crippen LogP contribution in [0, 0.1) is 11.8 Å². The van der Waals surface area contributed by atoms with Gasteiger partial charge in [-0.1, -0.05) is 26.8 Å². The summed E-state index contributed by atoms with van der Waals surface area (Å²) in [7, 11) is 0. The van der Waals surface area contributed by atoms with Gasteiger partial charge >= 0.3 is 0 Å². The van der Waals surface area contributed by atoms with Crippen LogP contribution in [0.1, 0.15) is 47.0 Å². The number of nitrogens with one attached hydrogen (secondary N) is 1. The second kappa shape index (κ2) is 8.08. The van der Waals surface area contributed by atoms with E-state index in [4.69, 9.17) is 0 Å². The molecule has 1 aliphatic rings. The van der Waals surface area contributed by atoms with Crippen LogP contribution in [0.2, 0.25) is 0 Å². The largest absolute Gasteiger partial charge is 0.356 e. The smallest absolute Gasteiger partial charge is 0.249 e. The molecule has 0 spiro atoms. The Morgan fingerprint density at radius 1 is 1.40 bits per heavy atom. The summed E-state index contributed by atoms with van der Waals surface area (Å²) in [5.74, 6) is 0.655. The van der Waals surface area contributed by atoms with Gasteiger partial charge < -0.3 is 10.2 Å². The molecule has 1 N–H and O–H groups in total. The molecular weight excluding hydrogens is 252 g/mol. The van der Waals surface area contributed by atoms with Gasteiger partial charge in [-0.2, -0.15) is 0 Å². The molecule has 0 aromatic carbocycles. The van der Waals surface area contributed by atoms with Crippen LogP contribution in [-0.2, 0) is 9.59 Å². The molecule has 1 fully saturated rings. The average molecular weight is 280 g/mol. The zero-order chi connectivity index (χ0) is 15.1. The summed E-state index contributed by atoms with van der Waals surface area (Å²) >= 11 is 0. The highest BCUT2D eigenvalue weighted by atomic mass is 16.2. The Bertz CT molecular complexity index is 375. The number of nitrogens with zero attached hydrogens (tertiary/aromatic N) is 1. The van der Waals surface area contributed by atoms with Crippen molar-refractivity contribution >= 4 is 11.8 Å². The Labute approximate surface area is 122 Å². The molecule has 114 valence electrons. The van der Waals surface area contributed by atoms with Gasteiger partial charge in [0.15, 0.2) is 0 Å². The zero-order valence-electron chi connectivity index (χ0n) is 13.2. The summed E-state index contributed by atoms with van der Waals surface area (Å²) < 4.78 is 0. The molecule has 4 heteroatoms. The summed E-state index contributed by atoms with van der Waals surface area (Å²) in [4.78, 5) is 25.9. The molecule has 1 rings (SSSR count). The third kappa shape index (κ3) is 4.66. The van der Waals surface area contributed by atoms with E-state index in [1.54, 1.807) is 0 Å². The van der Waals surface area contributed by atoms with Gasteiger partial charge in [0.1, 0.15) is 0 Å². The molecule has 0 aromatic heterocycles. The van der Waals surface area contributed by atoms with Gasteiger partial charge in [-0.25, -0.2) is 0 Å². The van der Waals surface area contributed by atoms with Crippen LogP contribution < -0.4 is 5.32 Å². The number of hydrogen-bond donors (Lipinski definition) is 1. The minimum absolute atomic E-state index is 0.0195. The number of rotatable bonds is 5. The van der Waals surface area contributed by atoms with E-state index in [2.05, 4.69) is 5.32 Å². The van der Waals surface area contributed by atoms with Gasteiger partial charge in [-0.05, 0) is 32.1 Å². The van der Waals surface area contributed by atoms with Crippen LogP contribution in [0.5, 0.6) is 0 Å². The Morgan fingerprint density at radius 3 is 2.65 bits per heavy atom. The highest BCUT2D eigenvalue weighted by Gasteiger charge is 2.25. The summed E-state index contributed by atoms with van der Waals surface area (Å²) in [6.07, 6.45) is 4.79. The van der Waals surface area contributed by atoms with Crippen molar-refractivity contribution in [3.05, 3.63) is 11.6 Å². The van der Waals surface area contributed by atoms with Crippen LogP contribution in [0.15, 0.2) is 11.6 Å². The second-order valence-corrected chi connectivity index (χ2v) is 5.83. The van der Waals surface area contributed by atoms with E-state index in [1.807, 2.05) is 38.7 Å². The van der Waals surface area contributed by atoms with Crippen molar-refractivity contribution in [2.75, 3.05) is 19.6 Å².